The topological polar surface area (TPSA) is 105 Å². The van der Waals surface area contributed by atoms with Gasteiger partial charge in [-0.15, -0.1) is 0 Å². The number of hydrogen-bond donors (Lipinski definition) is 1. The zero-order valence-electron chi connectivity index (χ0n) is 19.1. The van der Waals surface area contributed by atoms with Gasteiger partial charge < -0.3 is 14.8 Å². The fourth-order valence-electron chi connectivity index (χ4n) is 3.90. The molecule has 1 aromatic heterocycles. The van der Waals surface area contributed by atoms with Crippen molar-refractivity contribution in [3.8, 4) is 5.69 Å². The lowest BCUT2D eigenvalue weighted by Gasteiger charge is -2.33. The second kappa shape index (κ2) is 9.78. The molecule has 1 saturated heterocycles. The molecule has 4 rings (SSSR count). The molecule has 178 valence electrons. The van der Waals surface area contributed by atoms with Crippen LogP contribution in [0.25, 0.3) is 5.69 Å². The van der Waals surface area contributed by atoms with E-state index in [-0.39, 0.29) is 41.4 Å². The van der Waals surface area contributed by atoms with Crippen molar-refractivity contribution in [2.45, 2.75) is 24.8 Å². The van der Waals surface area contributed by atoms with Crippen molar-refractivity contribution in [2.75, 3.05) is 26.2 Å². The second-order valence-electron chi connectivity index (χ2n) is 8.19. The molecule has 0 spiro atoms. The number of sulfonamides is 1. The first-order valence-electron chi connectivity index (χ1n) is 11.0. The maximum absolute atomic E-state index is 13.1. The van der Waals surface area contributed by atoms with E-state index in [1.165, 1.54) is 23.4 Å². The van der Waals surface area contributed by atoms with Crippen LogP contribution in [0.4, 0.5) is 0 Å². The van der Waals surface area contributed by atoms with Crippen LogP contribution in [-0.4, -0.2) is 65.2 Å². The normalized spacial score (nSPS) is 15.6. The van der Waals surface area contributed by atoms with Gasteiger partial charge in [0.2, 0.25) is 15.9 Å². The standard InChI is InChI=1S/C24H27N5O4S/c1-18(20-6-8-22(9-7-20)28-11-10-25-17-28)26-24(31)21-4-3-5-23(16-21)34(32,33)29-14-12-27(13-15-29)19(2)30/h3-11,16-18H,12-15H2,1-2H3,(H,26,31)/t18-/m0/s1. The van der Waals surface area contributed by atoms with Crippen LogP contribution in [0, 0.1) is 0 Å². The Labute approximate surface area is 199 Å². The van der Waals surface area contributed by atoms with E-state index >= 15 is 0 Å². The van der Waals surface area contributed by atoms with Crippen molar-refractivity contribution in [3.05, 3.63) is 78.4 Å². The maximum Gasteiger partial charge on any atom is 0.251 e. The summed E-state index contributed by atoms with van der Waals surface area (Å²) in [6.45, 7) is 4.51. The lowest BCUT2D eigenvalue weighted by molar-refractivity contribution is -0.129. The highest BCUT2D eigenvalue weighted by Crippen LogP contribution is 2.20. The van der Waals surface area contributed by atoms with E-state index in [4.69, 9.17) is 0 Å². The van der Waals surface area contributed by atoms with E-state index in [1.54, 1.807) is 29.6 Å². The Kier molecular flexibility index (Phi) is 6.80. The van der Waals surface area contributed by atoms with Crippen molar-refractivity contribution in [1.82, 2.24) is 24.1 Å². The summed E-state index contributed by atoms with van der Waals surface area (Å²) in [5.41, 5.74) is 2.15. The number of rotatable bonds is 6. The highest BCUT2D eigenvalue weighted by molar-refractivity contribution is 7.89. The quantitative estimate of drug-likeness (QED) is 0.581. The van der Waals surface area contributed by atoms with E-state index in [0.717, 1.165) is 11.3 Å². The number of amides is 2. The van der Waals surface area contributed by atoms with Gasteiger partial charge in [0.15, 0.2) is 0 Å². The van der Waals surface area contributed by atoms with Crippen LogP contribution in [0.5, 0.6) is 0 Å². The molecule has 2 aromatic carbocycles. The number of benzene rings is 2. The molecule has 9 nitrogen and oxygen atoms in total. The Morgan fingerprint density at radius 1 is 1.03 bits per heavy atom. The number of carbonyl (C=O) groups is 2. The van der Waals surface area contributed by atoms with Crippen molar-refractivity contribution in [3.63, 3.8) is 0 Å². The van der Waals surface area contributed by atoms with Crippen molar-refractivity contribution in [1.29, 1.82) is 0 Å². The second-order valence-corrected chi connectivity index (χ2v) is 10.1. The lowest BCUT2D eigenvalue weighted by Crippen LogP contribution is -2.49. The summed E-state index contributed by atoms with van der Waals surface area (Å²) in [5.74, 6) is -0.425. The fourth-order valence-corrected chi connectivity index (χ4v) is 5.37. The van der Waals surface area contributed by atoms with E-state index in [0.29, 0.717) is 13.1 Å². The van der Waals surface area contributed by atoms with Crippen molar-refractivity contribution >= 4 is 21.8 Å². The Balaban J connectivity index is 1.44. The van der Waals surface area contributed by atoms with E-state index < -0.39 is 10.0 Å². The molecule has 34 heavy (non-hydrogen) atoms. The number of nitrogens with zero attached hydrogens (tertiary/aromatic N) is 4. The summed E-state index contributed by atoms with van der Waals surface area (Å²) < 4.78 is 29.4. The maximum atomic E-state index is 13.1. The van der Waals surface area contributed by atoms with Gasteiger partial charge in [0.05, 0.1) is 17.3 Å². The largest absolute Gasteiger partial charge is 0.346 e. The van der Waals surface area contributed by atoms with Crippen LogP contribution in [0.3, 0.4) is 0 Å². The molecule has 1 N–H and O–H groups in total. The minimum Gasteiger partial charge on any atom is -0.346 e. The Hall–Kier alpha value is -3.50. The zero-order chi connectivity index (χ0) is 24.3. The molecule has 0 unspecified atom stereocenters. The first-order valence-corrected chi connectivity index (χ1v) is 12.4. The van der Waals surface area contributed by atoms with Gasteiger partial charge >= 0.3 is 0 Å². The lowest BCUT2D eigenvalue weighted by atomic mass is 10.1. The predicted octanol–water partition coefficient (Wildman–Crippen LogP) is 2.22. The van der Waals surface area contributed by atoms with Gasteiger partial charge in [0.1, 0.15) is 0 Å². The van der Waals surface area contributed by atoms with Crippen molar-refractivity contribution < 1.29 is 18.0 Å². The molecule has 1 aliphatic heterocycles. The number of hydrogen-bond acceptors (Lipinski definition) is 5. The number of aromatic nitrogens is 2. The molecule has 3 aromatic rings. The van der Waals surface area contributed by atoms with E-state index in [2.05, 4.69) is 10.3 Å². The van der Waals surface area contributed by atoms with Gasteiger partial charge in [-0.2, -0.15) is 4.31 Å². The summed E-state index contributed by atoms with van der Waals surface area (Å²) in [6, 6.07) is 13.5. The molecule has 10 heteroatoms. The van der Waals surface area contributed by atoms with Crippen LogP contribution in [0.2, 0.25) is 0 Å². The third-order valence-electron chi connectivity index (χ3n) is 5.96. The van der Waals surface area contributed by atoms with E-state index in [1.807, 2.05) is 42.0 Å². The summed E-state index contributed by atoms with van der Waals surface area (Å²) >= 11 is 0. The van der Waals surface area contributed by atoms with Gasteiger partial charge in [-0.1, -0.05) is 18.2 Å². The molecule has 2 amide bonds. The van der Waals surface area contributed by atoms with Gasteiger partial charge in [-0.3, -0.25) is 9.59 Å². The summed E-state index contributed by atoms with van der Waals surface area (Å²) in [5, 5.41) is 2.93. The molecular formula is C24H27N5O4S. The minimum absolute atomic E-state index is 0.0637. The van der Waals surface area contributed by atoms with Crippen LogP contribution >= 0.6 is 0 Å². The minimum atomic E-state index is -3.77. The average molecular weight is 482 g/mol. The van der Waals surface area contributed by atoms with Gasteiger partial charge in [-0.25, -0.2) is 13.4 Å². The molecular weight excluding hydrogens is 454 g/mol. The van der Waals surface area contributed by atoms with Crippen LogP contribution < -0.4 is 5.32 Å². The molecule has 0 aliphatic carbocycles. The highest BCUT2D eigenvalue weighted by atomic mass is 32.2. The molecule has 1 atom stereocenters. The van der Waals surface area contributed by atoms with Gasteiger partial charge in [0.25, 0.3) is 5.91 Å². The first-order chi connectivity index (χ1) is 16.3. The fraction of sp³-hybridized carbons (Fsp3) is 0.292. The van der Waals surface area contributed by atoms with Crippen LogP contribution in [0.15, 0.2) is 72.1 Å². The monoisotopic (exact) mass is 481 g/mol. The summed E-state index contributed by atoms with van der Waals surface area (Å²) in [6.07, 6.45) is 5.27. The molecule has 0 bridgehead atoms. The Bertz CT molecular complexity index is 1260. The SMILES string of the molecule is CC(=O)N1CCN(S(=O)(=O)c2cccc(C(=O)N[C@@H](C)c3ccc(-n4ccnc4)cc3)c2)CC1. The molecule has 2 heterocycles. The Morgan fingerprint density at radius 3 is 2.35 bits per heavy atom. The third kappa shape index (κ3) is 5.02. The predicted molar refractivity (Wildman–Crippen MR) is 127 cm³/mol. The third-order valence-corrected chi connectivity index (χ3v) is 7.86. The average Bonchev–Trinajstić information content (AvgIpc) is 3.39. The first kappa shape index (κ1) is 23.7. The summed E-state index contributed by atoms with van der Waals surface area (Å²) in [4.78, 5) is 30.1. The smallest absolute Gasteiger partial charge is 0.251 e. The molecule has 1 fully saturated rings. The van der Waals surface area contributed by atoms with Gasteiger partial charge in [0, 0.05) is 56.7 Å². The molecule has 1 aliphatic rings. The summed E-state index contributed by atoms with van der Waals surface area (Å²) in [7, 11) is -3.77. The Morgan fingerprint density at radius 2 is 1.74 bits per heavy atom. The zero-order valence-corrected chi connectivity index (χ0v) is 19.9. The number of nitrogens with one attached hydrogen (secondary N) is 1. The number of imidazole rings is 1. The highest BCUT2D eigenvalue weighted by Gasteiger charge is 2.29. The number of piperazine rings is 1. The van der Waals surface area contributed by atoms with E-state index in [9.17, 15) is 18.0 Å². The van der Waals surface area contributed by atoms with Crippen molar-refractivity contribution in [2.24, 2.45) is 0 Å². The molecule has 0 radical (unpaired) electrons. The van der Waals surface area contributed by atoms with Crippen LogP contribution in [-0.2, 0) is 14.8 Å². The van der Waals surface area contributed by atoms with Crippen LogP contribution in [0.1, 0.15) is 35.8 Å². The molecule has 0 saturated carbocycles. The van der Waals surface area contributed by atoms with Gasteiger partial charge in [-0.05, 0) is 42.8 Å². The number of carbonyl (C=O) groups excluding carboxylic acids is 2.